The number of carboxylic acids is 1. The van der Waals surface area contributed by atoms with E-state index in [0.717, 1.165) is 6.54 Å². The van der Waals surface area contributed by atoms with Gasteiger partial charge in [0.15, 0.2) is 0 Å². The number of hydrogen-bond donors (Lipinski definition) is 1. The van der Waals surface area contributed by atoms with E-state index >= 15 is 0 Å². The van der Waals surface area contributed by atoms with E-state index in [4.69, 9.17) is 5.11 Å². The number of rotatable bonds is 7. The van der Waals surface area contributed by atoms with Crippen molar-refractivity contribution in [3.63, 3.8) is 0 Å². The minimum absolute atomic E-state index is 0.243. The summed E-state index contributed by atoms with van der Waals surface area (Å²) in [5.41, 5.74) is 1.60. The predicted molar refractivity (Wildman–Crippen MR) is 77.5 cm³/mol. The molecule has 0 saturated heterocycles. The lowest BCUT2D eigenvalue weighted by molar-refractivity contribution is -0.137. The highest BCUT2D eigenvalue weighted by Crippen LogP contribution is 2.50. The van der Waals surface area contributed by atoms with Crippen LogP contribution in [0.2, 0.25) is 0 Å². The van der Waals surface area contributed by atoms with Gasteiger partial charge in [-0.05, 0) is 43.7 Å². The largest absolute Gasteiger partial charge is 0.481 e. The van der Waals surface area contributed by atoms with Gasteiger partial charge in [0.1, 0.15) is 0 Å². The van der Waals surface area contributed by atoms with E-state index < -0.39 is 5.97 Å². The van der Waals surface area contributed by atoms with E-state index in [1.54, 1.807) is 0 Å². The molecule has 0 aliphatic heterocycles. The average Bonchev–Trinajstić information content (AvgIpc) is 3.14. The van der Waals surface area contributed by atoms with Gasteiger partial charge in [-0.25, -0.2) is 0 Å². The molecule has 0 bridgehead atoms. The first kappa shape index (κ1) is 13.9. The third-order valence-corrected chi connectivity index (χ3v) is 4.39. The van der Waals surface area contributed by atoms with Crippen molar-refractivity contribution in [3.05, 3.63) is 30.3 Å². The molecule has 3 nitrogen and oxygen atoms in total. The van der Waals surface area contributed by atoms with Crippen LogP contribution in [-0.2, 0) is 4.79 Å². The lowest BCUT2D eigenvalue weighted by atomic mass is 9.98. The predicted octanol–water partition coefficient (Wildman–Crippen LogP) is 3.55. The van der Waals surface area contributed by atoms with Crippen molar-refractivity contribution < 1.29 is 9.90 Å². The Morgan fingerprint density at radius 2 is 2.00 bits per heavy atom. The summed E-state index contributed by atoms with van der Waals surface area (Å²) in [7, 11) is 0. The summed E-state index contributed by atoms with van der Waals surface area (Å²) in [6, 6.07) is 10.8. The molecule has 1 aromatic carbocycles. The Hall–Kier alpha value is -1.51. The fourth-order valence-electron chi connectivity index (χ4n) is 2.56. The van der Waals surface area contributed by atoms with Gasteiger partial charge in [-0.15, -0.1) is 0 Å². The van der Waals surface area contributed by atoms with Crippen LogP contribution in [0.25, 0.3) is 0 Å². The molecule has 3 heteroatoms. The Bertz CT molecular complexity index is 426. The second kappa shape index (κ2) is 5.64. The summed E-state index contributed by atoms with van der Waals surface area (Å²) >= 11 is 0. The maximum Gasteiger partial charge on any atom is 0.303 e. The van der Waals surface area contributed by atoms with Crippen molar-refractivity contribution in [2.45, 2.75) is 45.6 Å². The number of carbonyl (C=O) groups is 1. The molecule has 1 unspecified atom stereocenters. The lowest BCUT2D eigenvalue weighted by Gasteiger charge is -2.35. The van der Waals surface area contributed by atoms with E-state index in [1.165, 1.54) is 18.5 Å². The van der Waals surface area contributed by atoms with E-state index in [-0.39, 0.29) is 6.42 Å². The zero-order chi connectivity index (χ0) is 13.9. The van der Waals surface area contributed by atoms with Gasteiger partial charge in [0.05, 0.1) is 0 Å². The standard InChI is InChI=1S/C16H23NO2/c1-13(16(2)10-11-16)17(12-6-9-15(18)19)14-7-4-3-5-8-14/h3-5,7-8,13H,6,9-12H2,1-2H3,(H,18,19). The first-order valence-corrected chi connectivity index (χ1v) is 7.06. The Labute approximate surface area is 115 Å². The Balaban J connectivity index is 2.07. The molecular formula is C16H23NO2. The highest BCUT2D eigenvalue weighted by Gasteiger charge is 2.44. The molecule has 1 aliphatic rings. The van der Waals surface area contributed by atoms with Gasteiger partial charge in [-0.1, -0.05) is 25.1 Å². The minimum atomic E-state index is -0.710. The normalized spacial score (nSPS) is 17.8. The molecule has 0 amide bonds. The number of aliphatic carboxylic acids is 1. The van der Waals surface area contributed by atoms with Gasteiger partial charge in [0.2, 0.25) is 0 Å². The summed E-state index contributed by atoms with van der Waals surface area (Å²) in [5, 5.41) is 8.79. The number of benzene rings is 1. The van der Waals surface area contributed by atoms with Crippen LogP contribution in [0.1, 0.15) is 39.5 Å². The molecule has 1 atom stereocenters. The molecule has 1 aliphatic carbocycles. The monoisotopic (exact) mass is 261 g/mol. The van der Waals surface area contributed by atoms with Crippen LogP contribution >= 0.6 is 0 Å². The SMILES string of the molecule is CC(N(CCCC(=O)O)c1ccccc1)C1(C)CC1. The van der Waals surface area contributed by atoms with Crippen LogP contribution in [0.3, 0.4) is 0 Å². The topological polar surface area (TPSA) is 40.5 Å². The molecule has 104 valence electrons. The molecule has 0 heterocycles. The van der Waals surface area contributed by atoms with Gasteiger partial charge >= 0.3 is 5.97 Å². The van der Waals surface area contributed by atoms with Crippen molar-refractivity contribution in [3.8, 4) is 0 Å². The summed E-state index contributed by atoms with van der Waals surface area (Å²) < 4.78 is 0. The number of hydrogen-bond acceptors (Lipinski definition) is 2. The third-order valence-electron chi connectivity index (χ3n) is 4.39. The summed E-state index contributed by atoms with van der Waals surface area (Å²) in [6.07, 6.45) is 3.49. The zero-order valence-corrected chi connectivity index (χ0v) is 11.8. The number of nitrogens with zero attached hydrogens (tertiary/aromatic N) is 1. The molecule has 0 spiro atoms. The number of para-hydroxylation sites is 1. The summed E-state index contributed by atoms with van der Waals surface area (Å²) in [6.45, 7) is 5.40. The molecule has 1 saturated carbocycles. The van der Waals surface area contributed by atoms with Gasteiger partial charge in [0, 0.05) is 24.7 Å². The molecule has 19 heavy (non-hydrogen) atoms. The zero-order valence-electron chi connectivity index (χ0n) is 11.8. The Morgan fingerprint density at radius 1 is 1.37 bits per heavy atom. The van der Waals surface area contributed by atoms with Crippen LogP contribution in [0.5, 0.6) is 0 Å². The molecule has 2 rings (SSSR count). The lowest BCUT2D eigenvalue weighted by Crippen LogP contribution is -2.39. The summed E-state index contributed by atoms with van der Waals surface area (Å²) in [5.74, 6) is -0.710. The van der Waals surface area contributed by atoms with Crippen LogP contribution in [0, 0.1) is 5.41 Å². The van der Waals surface area contributed by atoms with Crippen molar-refractivity contribution in [2.24, 2.45) is 5.41 Å². The van der Waals surface area contributed by atoms with Crippen molar-refractivity contribution in [2.75, 3.05) is 11.4 Å². The highest BCUT2D eigenvalue weighted by atomic mass is 16.4. The van der Waals surface area contributed by atoms with Crippen molar-refractivity contribution >= 4 is 11.7 Å². The second-order valence-electron chi connectivity index (χ2n) is 5.86. The molecular weight excluding hydrogens is 238 g/mol. The molecule has 0 radical (unpaired) electrons. The van der Waals surface area contributed by atoms with E-state index in [0.29, 0.717) is 17.9 Å². The van der Waals surface area contributed by atoms with Crippen LogP contribution in [0.4, 0.5) is 5.69 Å². The first-order valence-electron chi connectivity index (χ1n) is 7.06. The third kappa shape index (κ3) is 3.49. The number of carboxylic acid groups (broad SMARTS) is 1. The smallest absolute Gasteiger partial charge is 0.303 e. The fourth-order valence-corrected chi connectivity index (χ4v) is 2.56. The Kier molecular flexibility index (Phi) is 4.13. The van der Waals surface area contributed by atoms with Gasteiger partial charge in [0.25, 0.3) is 0 Å². The molecule has 1 fully saturated rings. The fraction of sp³-hybridized carbons (Fsp3) is 0.562. The average molecular weight is 261 g/mol. The Morgan fingerprint density at radius 3 is 2.53 bits per heavy atom. The van der Waals surface area contributed by atoms with E-state index in [1.807, 2.05) is 18.2 Å². The summed E-state index contributed by atoms with van der Waals surface area (Å²) in [4.78, 5) is 13.0. The minimum Gasteiger partial charge on any atom is -0.481 e. The first-order chi connectivity index (χ1) is 9.03. The molecule has 0 aromatic heterocycles. The van der Waals surface area contributed by atoms with Gasteiger partial charge in [-0.2, -0.15) is 0 Å². The van der Waals surface area contributed by atoms with E-state index in [2.05, 4.69) is 30.9 Å². The molecule has 1 N–H and O–H groups in total. The maximum atomic E-state index is 10.7. The van der Waals surface area contributed by atoms with Crippen molar-refractivity contribution in [1.29, 1.82) is 0 Å². The van der Waals surface area contributed by atoms with Gasteiger partial charge in [-0.3, -0.25) is 4.79 Å². The van der Waals surface area contributed by atoms with E-state index in [9.17, 15) is 4.79 Å². The molecule has 1 aromatic rings. The number of anilines is 1. The van der Waals surface area contributed by atoms with Gasteiger partial charge < -0.3 is 10.0 Å². The highest BCUT2D eigenvalue weighted by molar-refractivity contribution is 5.66. The second-order valence-corrected chi connectivity index (χ2v) is 5.86. The maximum absolute atomic E-state index is 10.7. The van der Waals surface area contributed by atoms with Crippen LogP contribution in [0.15, 0.2) is 30.3 Å². The quantitative estimate of drug-likeness (QED) is 0.816. The van der Waals surface area contributed by atoms with Crippen LogP contribution in [-0.4, -0.2) is 23.7 Å². The van der Waals surface area contributed by atoms with Crippen molar-refractivity contribution in [1.82, 2.24) is 0 Å². The van der Waals surface area contributed by atoms with Crippen LogP contribution < -0.4 is 4.90 Å².